The predicted octanol–water partition coefficient (Wildman–Crippen LogP) is 5.24. The van der Waals surface area contributed by atoms with Crippen LogP contribution < -0.4 is 0 Å². The molecule has 0 saturated heterocycles. The molecular formula is C17H41NO2Si2. The summed E-state index contributed by atoms with van der Waals surface area (Å²) in [5, 5.41) is 0.385. The fourth-order valence-electron chi connectivity index (χ4n) is 2.63. The summed E-state index contributed by atoms with van der Waals surface area (Å²) in [6, 6.07) is 1.07. The first kappa shape index (κ1) is 22.3. The van der Waals surface area contributed by atoms with Crippen molar-refractivity contribution in [3.05, 3.63) is 0 Å². The molecule has 0 rings (SSSR count). The van der Waals surface area contributed by atoms with Crippen LogP contribution in [0.25, 0.3) is 0 Å². The zero-order chi connectivity index (χ0) is 17.4. The lowest BCUT2D eigenvalue weighted by atomic mass is 10.2. The van der Waals surface area contributed by atoms with Crippen molar-refractivity contribution in [3.63, 3.8) is 0 Å². The molecule has 0 aliphatic heterocycles. The van der Waals surface area contributed by atoms with Crippen LogP contribution in [0.5, 0.6) is 0 Å². The van der Waals surface area contributed by atoms with Crippen LogP contribution in [0.2, 0.25) is 30.7 Å². The molecule has 0 aliphatic carbocycles. The van der Waals surface area contributed by atoms with E-state index < -0.39 is 16.8 Å². The van der Waals surface area contributed by atoms with Crippen molar-refractivity contribution in [2.75, 3.05) is 26.3 Å². The third-order valence-corrected chi connectivity index (χ3v) is 13.8. The molecule has 0 atom stereocenters. The van der Waals surface area contributed by atoms with E-state index >= 15 is 0 Å². The van der Waals surface area contributed by atoms with Crippen molar-refractivity contribution >= 4 is 16.8 Å². The van der Waals surface area contributed by atoms with Crippen LogP contribution in [0.4, 0.5) is 0 Å². The Morgan fingerprint density at radius 1 is 0.864 bits per heavy atom. The predicted molar refractivity (Wildman–Crippen MR) is 103 cm³/mol. The molecule has 0 spiro atoms. The van der Waals surface area contributed by atoms with E-state index in [-0.39, 0.29) is 0 Å². The summed E-state index contributed by atoms with van der Waals surface area (Å²) in [5.74, 6) is 0. The van der Waals surface area contributed by atoms with Gasteiger partial charge in [0.05, 0.1) is 0 Å². The molecule has 0 saturated carbocycles. The van der Waals surface area contributed by atoms with Gasteiger partial charge in [-0.25, -0.2) is 0 Å². The highest BCUT2D eigenvalue weighted by Crippen LogP contribution is 2.38. The van der Waals surface area contributed by atoms with Gasteiger partial charge in [-0.05, 0) is 44.9 Å². The van der Waals surface area contributed by atoms with Crippen LogP contribution in [0.3, 0.4) is 0 Å². The largest absolute Gasteiger partial charge is 0.395 e. The Labute approximate surface area is 142 Å². The Kier molecular flexibility index (Phi) is 9.71. The fraction of sp³-hybridized carbons (Fsp3) is 1.00. The molecule has 0 amide bonds. The van der Waals surface area contributed by atoms with Gasteiger partial charge in [0, 0.05) is 19.3 Å². The summed E-state index contributed by atoms with van der Waals surface area (Å²) in [6.07, 6.45) is 2.55. The maximum absolute atomic E-state index is 6.03. The molecule has 0 N–H and O–H groups in total. The van der Waals surface area contributed by atoms with Gasteiger partial charge in [0.2, 0.25) is 0 Å². The quantitative estimate of drug-likeness (QED) is 0.477. The molecular weight excluding hydrogens is 306 g/mol. The number of rotatable bonds is 11. The molecule has 0 radical (unpaired) electrons. The molecule has 0 aromatic carbocycles. The summed E-state index contributed by atoms with van der Waals surface area (Å²) in [4.78, 5) is 0. The number of hydrogen-bond acceptors (Lipinski definition) is 3. The molecule has 0 unspecified atom stereocenters. The van der Waals surface area contributed by atoms with Crippen molar-refractivity contribution in [2.24, 2.45) is 0 Å². The van der Waals surface area contributed by atoms with Gasteiger partial charge in [0.25, 0.3) is 0 Å². The third kappa shape index (κ3) is 6.83. The van der Waals surface area contributed by atoms with Gasteiger partial charge >= 0.3 is 8.56 Å². The lowest BCUT2D eigenvalue weighted by Crippen LogP contribution is -2.57. The smallest absolute Gasteiger partial charge is 0.336 e. The summed E-state index contributed by atoms with van der Waals surface area (Å²) in [7, 11) is -3.48. The summed E-state index contributed by atoms with van der Waals surface area (Å²) >= 11 is 0. The number of hydrogen-bond donors (Lipinski definition) is 0. The Morgan fingerprint density at radius 2 is 1.36 bits per heavy atom. The van der Waals surface area contributed by atoms with Crippen LogP contribution >= 0.6 is 0 Å². The highest BCUT2D eigenvalue weighted by atomic mass is 28.4. The Hall–Kier alpha value is 0.314. The topological polar surface area (TPSA) is 21.7 Å². The van der Waals surface area contributed by atoms with Crippen LogP contribution in [0, 0.1) is 0 Å². The second-order valence-corrected chi connectivity index (χ2v) is 16.5. The Morgan fingerprint density at radius 3 is 1.73 bits per heavy atom. The molecule has 0 fully saturated rings. The van der Waals surface area contributed by atoms with E-state index in [4.69, 9.17) is 8.85 Å². The van der Waals surface area contributed by atoms with Gasteiger partial charge in [0.1, 0.15) is 8.24 Å². The van der Waals surface area contributed by atoms with E-state index in [2.05, 4.69) is 65.7 Å². The van der Waals surface area contributed by atoms with Gasteiger partial charge in [-0.2, -0.15) is 0 Å². The number of nitrogens with zero attached hydrogens (tertiary/aromatic N) is 1. The molecule has 22 heavy (non-hydrogen) atoms. The summed E-state index contributed by atoms with van der Waals surface area (Å²) in [5.41, 5.74) is 0. The first-order valence-corrected chi connectivity index (χ1v) is 14.5. The van der Waals surface area contributed by atoms with E-state index in [1.165, 1.54) is 19.4 Å². The second-order valence-electron chi connectivity index (χ2n) is 7.90. The van der Waals surface area contributed by atoms with Crippen molar-refractivity contribution in [2.45, 2.75) is 85.1 Å². The molecule has 134 valence electrons. The highest BCUT2D eigenvalue weighted by molar-refractivity contribution is 6.77. The minimum Gasteiger partial charge on any atom is -0.395 e. The SMILES string of the molecule is CCCCN(CC[Si](C)(OCC)OCC)[Si](C)(C)C(C)(C)C. The van der Waals surface area contributed by atoms with Crippen molar-refractivity contribution in [1.29, 1.82) is 0 Å². The highest BCUT2D eigenvalue weighted by Gasteiger charge is 2.42. The van der Waals surface area contributed by atoms with E-state index in [1.54, 1.807) is 0 Å². The maximum atomic E-state index is 6.03. The lowest BCUT2D eigenvalue weighted by Gasteiger charge is -2.47. The molecule has 3 nitrogen and oxygen atoms in total. The molecule has 0 bridgehead atoms. The van der Waals surface area contributed by atoms with Gasteiger partial charge in [0.15, 0.2) is 0 Å². The zero-order valence-electron chi connectivity index (χ0n) is 16.7. The zero-order valence-corrected chi connectivity index (χ0v) is 18.7. The fourth-order valence-corrected chi connectivity index (χ4v) is 7.46. The monoisotopic (exact) mass is 347 g/mol. The third-order valence-electron chi connectivity index (χ3n) is 5.14. The van der Waals surface area contributed by atoms with Crippen molar-refractivity contribution in [3.8, 4) is 0 Å². The molecule has 0 aliphatic rings. The maximum Gasteiger partial charge on any atom is 0.336 e. The summed E-state index contributed by atoms with van der Waals surface area (Å²) < 4.78 is 14.8. The summed E-state index contributed by atoms with van der Waals surface area (Å²) in [6.45, 7) is 24.8. The minimum atomic E-state index is -2.01. The molecule has 0 aromatic rings. The van der Waals surface area contributed by atoms with E-state index in [1.807, 2.05) is 0 Å². The van der Waals surface area contributed by atoms with Gasteiger partial charge < -0.3 is 13.4 Å². The first-order chi connectivity index (χ1) is 10.0. The molecule has 0 heterocycles. The van der Waals surface area contributed by atoms with Crippen LogP contribution in [0.15, 0.2) is 0 Å². The Bertz CT molecular complexity index is 298. The van der Waals surface area contributed by atoms with E-state index in [9.17, 15) is 0 Å². The second kappa shape index (κ2) is 9.57. The van der Waals surface area contributed by atoms with Gasteiger partial charge in [-0.15, -0.1) is 0 Å². The van der Waals surface area contributed by atoms with Crippen LogP contribution in [0.1, 0.15) is 54.4 Å². The minimum absolute atomic E-state index is 0.385. The average Bonchev–Trinajstić information content (AvgIpc) is 2.37. The lowest BCUT2D eigenvalue weighted by molar-refractivity contribution is 0.186. The first-order valence-electron chi connectivity index (χ1n) is 9.07. The van der Waals surface area contributed by atoms with Gasteiger partial charge in [-0.3, -0.25) is 0 Å². The van der Waals surface area contributed by atoms with Crippen molar-refractivity contribution < 1.29 is 8.85 Å². The van der Waals surface area contributed by atoms with Gasteiger partial charge in [-0.1, -0.05) is 47.2 Å². The average molecular weight is 348 g/mol. The van der Waals surface area contributed by atoms with Crippen LogP contribution in [-0.2, 0) is 8.85 Å². The Balaban J connectivity index is 4.99. The standard InChI is InChI=1S/C17H41NO2Si2/c1-10-13-14-18(21(7,8)17(4,5)6)15-16-22(9,19-11-2)20-12-3/h10-16H2,1-9H3. The van der Waals surface area contributed by atoms with Crippen molar-refractivity contribution in [1.82, 2.24) is 4.57 Å². The number of unbranched alkanes of at least 4 members (excludes halogenated alkanes) is 1. The van der Waals surface area contributed by atoms with E-state index in [0.29, 0.717) is 5.04 Å². The molecule has 5 heteroatoms. The van der Waals surface area contributed by atoms with E-state index in [0.717, 1.165) is 25.8 Å². The van der Waals surface area contributed by atoms with Crippen LogP contribution in [-0.4, -0.2) is 47.7 Å². The normalized spacial score (nSPS) is 13.9. The molecule has 0 aromatic heterocycles.